The number of para-hydroxylation sites is 1. The average Bonchev–Trinajstić information content (AvgIpc) is 2.90. The van der Waals surface area contributed by atoms with Gasteiger partial charge in [0.1, 0.15) is 12.6 Å². The number of amides is 3. The molecule has 39 heavy (non-hydrogen) atoms. The van der Waals surface area contributed by atoms with E-state index in [4.69, 9.17) is 27.9 Å². The summed E-state index contributed by atoms with van der Waals surface area (Å²) < 4.78 is 5.44. The first kappa shape index (κ1) is 28.4. The van der Waals surface area contributed by atoms with Gasteiger partial charge in [0, 0.05) is 25.7 Å². The van der Waals surface area contributed by atoms with Gasteiger partial charge < -0.3 is 15.0 Å². The summed E-state index contributed by atoms with van der Waals surface area (Å²) >= 11 is 12.4. The highest BCUT2D eigenvalue weighted by molar-refractivity contribution is 6.39. The Bertz CT molecular complexity index is 1340. The fourth-order valence-electron chi connectivity index (χ4n) is 4.31. The molecule has 1 aliphatic heterocycles. The van der Waals surface area contributed by atoms with E-state index >= 15 is 0 Å². The van der Waals surface area contributed by atoms with E-state index in [1.54, 1.807) is 35.0 Å². The van der Waals surface area contributed by atoms with Crippen LogP contribution in [0.25, 0.3) is 0 Å². The van der Waals surface area contributed by atoms with Gasteiger partial charge in [-0.2, -0.15) is 0 Å². The van der Waals surface area contributed by atoms with Gasteiger partial charge in [-0.25, -0.2) is 9.59 Å². The zero-order valence-electron chi connectivity index (χ0n) is 22.0. The van der Waals surface area contributed by atoms with Gasteiger partial charge in [0.15, 0.2) is 0 Å². The fraction of sp³-hybridized carbons (Fsp3) is 0.276. The number of rotatable bonds is 9. The molecule has 1 atom stereocenters. The van der Waals surface area contributed by atoms with Crippen molar-refractivity contribution in [3.63, 3.8) is 0 Å². The molecular weight excluding hydrogens is 539 g/mol. The van der Waals surface area contributed by atoms with E-state index in [0.717, 1.165) is 22.5 Å². The van der Waals surface area contributed by atoms with Gasteiger partial charge in [0.25, 0.3) is 5.91 Å². The van der Waals surface area contributed by atoms with Crippen molar-refractivity contribution in [2.24, 2.45) is 0 Å². The van der Waals surface area contributed by atoms with Crippen LogP contribution in [0.5, 0.6) is 0 Å². The molecule has 0 unspecified atom stereocenters. The molecule has 0 saturated carbocycles. The highest BCUT2D eigenvalue weighted by atomic mass is 35.5. The number of carbonyl (C=O) groups excluding carboxylic acids is 3. The summed E-state index contributed by atoms with van der Waals surface area (Å²) in [6.45, 7) is 1.17. The molecule has 204 valence electrons. The quantitative estimate of drug-likeness (QED) is 0.367. The number of urea groups is 1. The Balaban J connectivity index is 1.52. The summed E-state index contributed by atoms with van der Waals surface area (Å²) in [4.78, 5) is 44.3. The Labute approximate surface area is 238 Å². The lowest BCUT2D eigenvalue weighted by atomic mass is 10.0. The van der Waals surface area contributed by atoms with Crippen molar-refractivity contribution >= 4 is 52.5 Å². The third-order valence-electron chi connectivity index (χ3n) is 6.45. The zero-order chi connectivity index (χ0) is 28.1. The number of halogens is 2. The summed E-state index contributed by atoms with van der Waals surface area (Å²) in [5, 5.41) is 3.10. The predicted molar refractivity (Wildman–Crippen MR) is 154 cm³/mol. The molecule has 0 aromatic heterocycles. The Morgan fingerprint density at radius 1 is 1.00 bits per heavy atom. The van der Waals surface area contributed by atoms with Crippen LogP contribution in [0.1, 0.15) is 21.5 Å². The highest BCUT2D eigenvalue weighted by Crippen LogP contribution is 2.31. The monoisotopic (exact) mass is 568 g/mol. The summed E-state index contributed by atoms with van der Waals surface area (Å²) in [5.41, 5.74) is 3.53. The maximum atomic E-state index is 13.1. The van der Waals surface area contributed by atoms with Crippen molar-refractivity contribution in [3.05, 3.63) is 93.5 Å². The normalized spacial score (nSPS) is 13.7. The molecule has 1 aliphatic rings. The molecule has 1 N–H and O–H groups in total. The van der Waals surface area contributed by atoms with Crippen molar-refractivity contribution in [1.29, 1.82) is 0 Å². The number of ether oxygens (including phenoxy) is 1. The lowest BCUT2D eigenvalue weighted by Gasteiger charge is -2.35. The van der Waals surface area contributed by atoms with E-state index in [9.17, 15) is 14.4 Å². The third kappa shape index (κ3) is 6.71. The van der Waals surface area contributed by atoms with Crippen LogP contribution < -0.4 is 15.1 Å². The lowest BCUT2D eigenvalue weighted by molar-refractivity contribution is -0.146. The molecule has 4 rings (SSSR count). The standard InChI is InChI=1S/C29H30Cl2N4O4/c1-33(2)15-16-39-28(37)24(32-27(36)26-22(30)8-6-9-23(26)31)17-19-11-13-21(14-12-19)35-18-20-7-4-5-10-25(20)34(3)29(35)38/h4-14,24H,15-18H2,1-3H3,(H,32,36)/t24-/m0/s1. The second-order valence-corrected chi connectivity index (χ2v) is 10.3. The van der Waals surface area contributed by atoms with Crippen LogP contribution in [0.4, 0.5) is 16.2 Å². The van der Waals surface area contributed by atoms with Gasteiger partial charge in [-0.3, -0.25) is 14.6 Å². The molecule has 8 nitrogen and oxygen atoms in total. The van der Waals surface area contributed by atoms with E-state index in [1.807, 2.05) is 67.5 Å². The molecule has 3 aromatic carbocycles. The van der Waals surface area contributed by atoms with Gasteiger partial charge in [-0.1, -0.05) is 59.6 Å². The zero-order valence-corrected chi connectivity index (χ0v) is 23.5. The average molecular weight is 569 g/mol. The number of nitrogens with one attached hydrogen (secondary N) is 1. The smallest absolute Gasteiger partial charge is 0.329 e. The van der Waals surface area contributed by atoms with Gasteiger partial charge in [-0.05, 0) is 55.6 Å². The minimum atomic E-state index is -0.979. The molecule has 0 radical (unpaired) electrons. The first-order chi connectivity index (χ1) is 18.7. The molecule has 0 aliphatic carbocycles. The number of likely N-dealkylation sites (N-methyl/N-ethyl adjacent to an activating group) is 1. The third-order valence-corrected chi connectivity index (χ3v) is 7.08. The van der Waals surface area contributed by atoms with E-state index in [-0.39, 0.29) is 34.7 Å². The summed E-state index contributed by atoms with van der Waals surface area (Å²) in [5.74, 6) is -1.14. The molecular formula is C29H30Cl2N4O4. The second kappa shape index (κ2) is 12.5. The Hall–Kier alpha value is -3.59. The minimum absolute atomic E-state index is 0.0929. The predicted octanol–water partition coefficient (Wildman–Crippen LogP) is 5.02. The largest absolute Gasteiger partial charge is 0.463 e. The number of esters is 1. The van der Waals surface area contributed by atoms with Crippen molar-refractivity contribution in [1.82, 2.24) is 10.2 Å². The topological polar surface area (TPSA) is 82.2 Å². The molecule has 1 heterocycles. The number of hydrogen-bond donors (Lipinski definition) is 1. The SMILES string of the molecule is CN(C)CCOC(=O)[C@H](Cc1ccc(N2Cc3ccccc3N(C)C2=O)cc1)NC(=O)c1c(Cl)cccc1Cl. The molecule has 0 fully saturated rings. The molecule has 3 amide bonds. The molecule has 10 heteroatoms. The van der Waals surface area contributed by atoms with Gasteiger partial charge in [0.05, 0.1) is 27.8 Å². The molecule has 0 bridgehead atoms. The fourth-order valence-corrected chi connectivity index (χ4v) is 4.88. The Morgan fingerprint density at radius 2 is 1.67 bits per heavy atom. The number of hydrogen-bond acceptors (Lipinski definition) is 5. The number of anilines is 2. The second-order valence-electron chi connectivity index (χ2n) is 9.52. The van der Waals surface area contributed by atoms with Gasteiger partial charge in [0.2, 0.25) is 0 Å². The summed E-state index contributed by atoms with van der Waals surface area (Å²) in [6, 6.07) is 18.8. The van der Waals surface area contributed by atoms with Crippen LogP contribution in [-0.4, -0.2) is 63.1 Å². The Kier molecular flexibility index (Phi) is 9.12. The first-order valence-corrected chi connectivity index (χ1v) is 13.2. The first-order valence-electron chi connectivity index (χ1n) is 12.4. The van der Waals surface area contributed by atoms with Crippen LogP contribution in [0.15, 0.2) is 66.7 Å². The van der Waals surface area contributed by atoms with E-state index < -0.39 is 17.9 Å². The maximum absolute atomic E-state index is 13.1. The van der Waals surface area contributed by atoms with Crippen LogP contribution in [-0.2, 0) is 22.5 Å². The summed E-state index contributed by atoms with van der Waals surface area (Å²) in [6.07, 6.45) is 0.172. The van der Waals surface area contributed by atoms with Crippen LogP contribution in [0, 0.1) is 0 Å². The lowest BCUT2D eigenvalue weighted by Crippen LogP contribution is -2.45. The van der Waals surface area contributed by atoms with E-state index in [0.29, 0.717) is 13.1 Å². The number of carbonyl (C=O) groups is 3. The van der Waals surface area contributed by atoms with Crippen molar-refractivity contribution in [3.8, 4) is 0 Å². The van der Waals surface area contributed by atoms with E-state index in [1.165, 1.54) is 0 Å². The maximum Gasteiger partial charge on any atom is 0.329 e. The number of nitrogens with zero attached hydrogens (tertiary/aromatic N) is 3. The molecule has 0 saturated heterocycles. The van der Waals surface area contributed by atoms with E-state index in [2.05, 4.69) is 5.32 Å². The van der Waals surface area contributed by atoms with Gasteiger partial charge in [-0.15, -0.1) is 0 Å². The minimum Gasteiger partial charge on any atom is -0.463 e. The van der Waals surface area contributed by atoms with Crippen molar-refractivity contribution < 1.29 is 19.1 Å². The van der Waals surface area contributed by atoms with Crippen LogP contribution >= 0.6 is 23.2 Å². The number of fused-ring (bicyclic) bond motifs is 1. The van der Waals surface area contributed by atoms with Gasteiger partial charge >= 0.3 is 12.0 Å². The van der Waals surface area contributed by atoms with Crippen molar-refractivity contribution in [2.75, 3.05) is 44.1 Å². The van der Waals surface area contributed by atoms with Crippen LogP contribution in [0.2, 0.25) is 10.0 Å². The number of benzene rings is 3. The van der Waals surface area contributed by atoms with Crippen molar-refractivity contribution in [2.45, 2.75) is 19.0 Å². The molecule has 3 aromatic rings. The summed E-state index contributed by atoms with van der Waals surface area (Å²) in [7, 11) is 5.50. The van der Waals surface area contributed by atoms with Crippen LogP contribution in [0.3, 0.4) is 0 Å². The highest BCUT2D eigenvalue weighted by Gasteiger charge is 2.29. The molecule has 0 spiro atoms. The Morgan fingerprint density at radius 3 is 2.33 bits per heavy atom.